The molecule has 0 unspecified atom stereocenters. The quantitative estimate of drug-likeness (QED) is 0.864. The Bertz CT molecular complexity index is 463. The first-order valence-corrected chi connectivity index (χ1v) is 5.41. The van der Waals surface area contributed by atoms with Crippen molar-refractivity contribution in [2.45, 2.75) is 13.3 Å². The largest absolute Gasteiger partial charge is 0.481 e. The maximum absolute atomic E-state index is 13.6. The molecular weight excluding hydrogens is 239 g/mol. The number of hydrogen-bond acceptors (Lipinski definition) is 2. The van der Waals surface area contributed by atoms with Crippen LogP contribution in [0.15, 0.2) is 18.2 Å². The lowest BCUT2D eigenvalue weighted by Gasteiger charge is -2.17. The Kier molecular flexibility index (Phi) is 4.65. The Morgan fingerprint density at radius 2 is 2.11 bits per heavy atom. The predicted octanol–water partition coefficient (Wildman–Crippen LogP) is 2.07. The SMILES string of the molecule is Cc1cccc(NC(=O)N(C)CCC(=O)O)c1F. The molecule has 0 saturated carbocycles. The highest BCUT2D eigenvalue weighted by Crippen LogP contribution is 2.17. The number of anilines is 1. The van der Waals surface area contributed by atoms with Crippen molar-refractivity contribution in [2.75, 3.05) is 18.9 Å². The third-order valence-corrected chi connectivity index (χ3v) is 2.44. The van der Waals surface area contributed by atoms with Gasteiger partial charge in [-0.05, 0) is 18.6 Å². The molecule has 0 aliphatic rings. The van der Waals surface area contributed by atoms with Gasteiger partial charge in [-0.25, -0.2) is 9.18 Å². The van der Waals surface area contributed by atoms with Gasteiger partial charge in [-0.15, -0.1) is 0 Å². The highest BCUT2D eigenvalue weighted by atomic mass is 19.1. The van der Waals surface area contributed by atoms with Crippen LogP contribution in [0.1, 0.15) is 12.0 Å². The summed E-state index contributed by atoms with van der Waals surface area (Å²) in [5.74, 6) is -1.48. The molecule has 0 fully saturated rings. The maximum atomic E-state index is 13.6. The van der Waals surface area contributed by atoms with Crippen LogP contribution in [0.3, 0.4) is 0 Å². The summed E-state index contributed by atoms with van der Waals surface area (Å²) in [5, 5.41) is 10.9. The van der Waals surface area contributed by atoms with Crippen LogP contribution in [-0.4, -0.2) is 35.6 Å². The molecule has 18 heavy (non-hydrogen) atoms. The van der Waals surface area contributed by atoms with E-state index in [0.29, 0.717) is 5.56 Å². The average Bonchev–Trinajstić information content (AvgIpc) is 2.31. The number of aliphatic carboxylic acids is 1. The average molecular weight is 254 g/mol. The molecule has 0 spiro atoms. The van der Waals surface area contributed by atoms with Crippen LogP contribution in [0, 0.1) is 12.7 Å². The van der Waals surface area contributed by atoms with Crippen molar-refractivity contribution in [3.05, 3.63) is 29.6 Å². The zero-order valence-electron chi connectivity index (χ0n) is 10.2. The smallest absolute Gasteiger partial charge is 0.321 e. The summed E-state index contributed by atoms with van der Waals surface area (Å²) in [5.41, 5.74) is 0.517. The van der Waals surface area contributed by atoms with Crippen LogP contribution in [-0.2, 0) is 4.79 Å². The third-order valence-electron chi connectivity index (χ3n) is 2.44. The molecule has 1 aromatic rings. The minimum atomic E-state index is -0.989. The second-order valence-corrected chi connectivity index (χ2v) is 3.93. The minimum Gasteiger partial charge on any atom is -0.481 e. The van der Waals surface area contributed by atoms with Crippen LogP contribution in [0.4, 0.5) is 14.9 Å². The molecule has 0 aliphatic carbocycles. The molecule has 0 saturated heterocycles. The van der Waals surface area contributed by atoms with Crippen LogP contribution in [0.2, 0.25) is 0 Å². The van der Waals surface area contributed by atoms with Crippen molar-refractivity contribution in [2.24, 2.45) is 0 Å². The fourth-order valence-electron chi connectivity index (χ4n) is 1.32. The number of rotatable bonds is 4. The molecule has 2 N–H and O–H groups in total. The Balaban J connectivity index is 2.64. The summed E-state index contributed by atoms with van der Waals surface area (Å²) in [6.45, 7) is 1.66. The van der Waals surface area contributed by atoms with Crippen molar-refractivity contribution < 1.29 is 19.1 Å². The number of halogens is 1. The number of carbonyl (C=O) groups is 2. The summed E-state index contributed by atoms with van der Waals surface area (Å²) >= 11 is 0. The molecule has 6 heteroatoms. The number of carboxylic acids is 1. The Morgan fingerprint density at radius 3 is 2.72 bits per heavy atom. The van der Waals surface area contributed by atoms with Gasteiger partial charge >= 0.3 is 12.0 Å². The number of aryl methyl sites for hydroxylation is 1. The maximum Gasteiger partial charge on any atom is 0.321 e. The number of hydrogen-bond donors (Lipinski definition) is 2. The topological polar surface area (TPSA) is 69.6 Å². The number of urea groups is 1. The van der Waals surface area contributed by atoms with Gasteiger partial charge in [-0.2, -0.15) is 0 Å². The van der Waals surface area contributed by atoms with E-state index in [1.807, 2.05) is 0 Å². The zero-order chi connectivity index (χ0) is 13.7. The van der Waals surface area contributed by atoms with Crippen molar-refractivity contribution in [3.63, 3.8) is 0 Å². The summed E-state index contributed by atoms with van der Waals surface area (Å²) in [4.78, 5) is 23.2. The summed E-state index contributed by atoms with van der Waals surface area (Å²) in [6, 6.07) is 4.14. The second-order valence-electron chi connectivity index (χ2n) is 3.93. The van der Waals surface area contributed by atoms with Crippen molar-refractivity contribution in [3.8, 4) is 0 Å². The molecule has 2 amide bonds. The fourth-order valence-corrected chi connectivity index (χ4v) is 1.32. The van der Waals surface area contributed by atoms with Crippen LogP contribution < -0.4 is 5.32 Å². The third kappa shape index (κ3) is 3.73. The van der Waals surface area contributed by atoms with Gasteiger partial charge in [-0.3, -0.25) is 4.79 Å². The van der Waals surface area contributed by atoms with E-state index < -0.39 is 17.8 Å². The van der Waals surface area contributed by atoms with Gasteiger partial charge in [0.2, 0.25) is 0 Å². The molecule has 0 radical (unpaired) electrons. The molecule has 0 aliphatic heterocycles. The van der Waals surface area contributed by atoms with Gasteiger partial charge in [0, 0.05) is 13.6 Å². The zero-order valence-corrected chi connectivity index (χ0v) is 10.2. The van der Waals surface area contributed by atoms with E-state index in [-0.39, 0.29) is 18.7 Å². The lowest BCUT2D eigenvalue weighted by atomic mass is 10.2. The van der Waals surface area contributed by atoms with Crippen LogP contribution in [0.5, 0.6) is 0 Å². The molecule has 1 rings (SSSR count). The van der Waals surface area contributed by atoms with E-state index in [2.05, 4.69) is 5.32 Å². The standard InChI is InChI=1S/C12H15FN2O3/c1-8-4-3-5-9(11(8)13)14-12(18)15(2)7-6-10(16)17/h3-5H,6-7H2,1-2H3,(H,14,18)(H,16,17). The minimum absolute atomic E-state index is 0.0641. The Morgan fingerprint density at radius 1 is 1.44 bits per heavy atom. The van der Waals surface area contributed by atoms with E-state index in [1.165, 1.54) is 18.0 Å². The van der Waals surface area contributed by atoms with Crippen LogP contribution in [0.25, 0.3) is 0 Å². The summed E-state index contributed by atoms with van der Waals surface area (Å²) < 4.78 is 13.6. The number of carbonyl (C=O) groups excluding carboxylic acids is 1. The fraction of sp³-hybridized carbons (Fsp3) is 0.333. The van der Waals surface area contributed by atoms with Gasteiger partial charge in [0.25, 0.3) is 0 Å². The predicted molar refractivity (Wildman–Crippen MR) is 65.0 cm³/mol. The van der Waals surface area contributed by atoms with Gasteiger partial charge in [0.1, 0.15) is 5.82 Å². The molecule has 1 aromatic carbocycles. The molecule has 0 heterocycles. The Hall–Kier alpha value is -2.11. The van der Waals surface area contributed by atoms with Crippen molar-refractivity contribution >= 4 is 17.7 Å². The van der Waals surface area contributed by atoms with E-state index in [4.69, 9.17) is 5.11 Å². The van der Waals surface area contributed by atoms with E-state index in [1.54, 1.807) is 19.1 Å². The number of amides is 2. The number of carboxylic acid groups (broad SMARTS) is 1. The summed E-state index contributed by atoms with van der Waals surface area (Å²) in [7, 11) is 1.45. The molecule has 0 atom stereocenters. The van der Waals surface area contributed by atoms with Gasteiger partial charge in [0.05, 0.1) is 12.1 Å². The molecule has 0 aromatic heterocycles. The first-order valence-electron chi connectivity index (χ1n) is 5.41. The van der Waals surface area contributed by atoms with E-state index in [0.717, 1.165) is 0 Å². The normalized spacial score (nSPS) is 9.94. The van der Waals surface area contributed by atoms with Crippen molar-refractivity contribution in [1.82, 2.24) is 4.90 Å². The highest BCUT2D eigenvalue weighted by molar-refractivity contribution is 5.89. The number of benzene rings is 1. The molecule has 98 valence electrons. The summed E-state index contributed by atoms with van der Waals surface area (Å²) in [6.07, 6.45) is -0.153. The molecule has 5 nitrogen and oxygen atoms in total. The number of nitrogens with one attached hydrogen (secondary N) is 1. The molecular formula is C12H15FN2O3. The Labute approximate surface area is 104 Å². The molecule has 0 bridgehead atoms. The lowest BCUT2D eigenvalue weighted by Crippen LogP contribution is -2.33. The first kappa shape index (κ1) is 14.0. The lowest BCUT2D eigenvalue weighted by molar-refractivity contribution is -0.137. The first-order chi connectivity index (χ1) is 8.41. The monoisotopic (exact) mass is 254 g/mol. The highest BCUT2D eigenvalue weighted by Gasteiger charge is 2.13. The van der Waals surface area contributed by atoms with Gasteiger partial charge < -0.3 is 15.3 Å². The van der Waals surface area contributed by atoms with E-state index >= 15 is 0 Å². The van der Waals surface area contributed by atoms with Crippen LogP contribution >= 0.6 is 0 Å². The van der Waals surface area contributed by atoms with E-state index in [9.17, 15) is 14.0 Å². The van der Waals surface area contributed by atoms with Crippen molar-refractivity contribution in [1.29, 1.82) is 0 Å². The van der Waals surface area contributed by atoms with Gasteiger partial charge in [-0.1, -0.05) is 12.1 Å². The second kappa shape index (κ2) is 6.00. The van der Waals surface area contributed by atoms with Gasteiger partial charge in [0.15, 0.2) is 0 Å². The number of nitrogens with zero attached hydrogens (tertiary/aromatic N) is 1.